The Morgan fingerprint density at radius 3 is 2.48 bits per heavy atom. The second-order valence-electron chi connectivity index (χ2n) is 6.50. The molecular formula is C17H22Cl2N2O2. The van der Waals surface area contributed by atoms with Gasteiger partial charge in [0.15, 0.2) is 0 Å². The third-order valence-electron chi connectivity index (χ3n) is 4.89. The van der Waals surface area contributed by atoms with Crippen LogP contribution in [0.4, 0.5) is 0 Å². The van der Waals surface area contributed by atoms with Crippen LogP contribution in [0.3, 0.4) is 0 Å². The van der Waals surface area contributed by atoms with Crippen LogP contribution in [0.2, 0.25) is 0 Å². The highest BCUT2D eigenvalue weighted by molar-refractivity contribution is 6.53. The number of carbonyl (C=O) groups excluding carboxylic acids is 1. The van der Waals surface area contributed by atoms with Crippen LogP contribution in [-0.2, 0) is 9.53 Å². The molecule has 2 fully saturated rings. The number of alkyl halides is 2. The Kier molecular flexibility index (Phi) is 4.88. The standard InChI is InChI=1S/C17H22Cl2N2O2/c1-16(12-17(16,18)19)15(22)20-11-14(13-5-3-2-4-6-13)21-7-9-23-10-8-21/h2-6,14H,7-12H2,1H3,(H,20,22)/t14-,16+/m1/s1. The van der Waals surface area contributed by atoms with Gasteiger partial charge in [-0.05, 0) is 18.9 Å². The summed E-state index contributed by atoms with van der Waals surface area (Å²) in [6.45, 7) is 5.53. The number of amides is 1. The molecule has 1 aliphatic carbocycles. The molecule has 0 aromatic heterocycles. The van der Waals surface area contributed by atoms with Crippen molar-refractivity contribution in [1.82, 2.24) is 10.2 Å². The largest absolute Gasteiger partial charge is 0.379 e. The van der Waals surface area contributed by atoms with E-state index in [9.17, 15) is 4.79 Å². The lowest BCUT2D eigenvalue weighted by Gasteiger charge is -2.35. The molecule has 1 N–H and O–H groups in total. The Labute approximate surface area is 147 Å². The summed E-state index contributed by atoms with van der Waals surface area (Å²) in [5.74, 6) is -0.0725. The molecule has 2 atom stereocenters. The van der Waals surface area contributed by atoms with Gasteiger partial charge in [-0.2, -0.15) is 0 Å². The van der Waals surface area contributed by atoms with Crippen molar-refractivity contribution in [3.05, 3.63) is 35.9 Å². The van der Waals surface area contributed by atoms with E-state index in [-0.39, 0.29) is 11.9 Å². The predicted molar refractivity (Wildman–Crippen MR) is 91.7 cm³/mol. The molecule has 1 heterocycles. The number of hydrogen-bond donors (Lipinski definition) is 1. The number of ether oxygens (including phenoxy) is 1. The Morgan fingerprint density at radius 1 is 1.30 bits per heavy atom. The molecule has 0 unspecified atom stereocenters. The first kappa shape index (κ1) is 17.0. The van der Waals surface area contributed by atoms with E-state index in [1.165, 1.54) is 5.56 Å². The van der Waals surface area contributed by atoms with Crippen molar-refractivity contribution >= 4 is 29.1 Å². The van der Waals surface area contributed by atoms with Crippen LogP contribution in [0.25, 0.3) is 0 Å². The lowest BCUT2D eigenvalue weighted by molar-refractivity contribution is -0.126. The van der Waals surface area contributed by atoms with Gasteiger partial charge >= 0.3 is 0 Å². The third kappa shape index (κ3) is 3.50. The predicted octanol–water partition coefficient (Wildman–Crippen LogP) is 2.76. The Hall–Kier alpha value is -0.810. The summed E-state index contributed by atoms with van der Waals surface area (Å²) >= 11 is 12.2. The molecule has 1 amide bonds. The molecule has 0 radical (unpaired) electrons. The number of nitrogens with one attached hydrogen (secondary N) is 1. The lowest BCUT2D eigenvalue weighted by Crippen LogP contribution is -2.45. The Morgan fingerprint density at radius 2 is 1.91 bits per heavy atom. The van der Waals surface area contributed by atoms with Crippen molar-refractivity contribution in [2.24, 2.45) is 5.41 Å². The average Bonchev–Trinajstić information content (AvgIpc) is 3.09. The summed E-state index contributed by atoms with van der Waals surface area (Å²) in [6, 6.07) is 10.4. The summed E-state index contributed by atoms with van der Waals surface area (Å²) in [5, 5.41) is 3.05. The van der Waals surface area contributed by atoms with Crippen LogP contribution in [0.1, 0.15) is 24.9 Å². The van der Waals surface area contributed by atoms with Crippen molar-refractivity contribution in [3.8, 4) is 0 Å². The maximum Gasteiger partial charge on any atom is 0.229 e. The van der Waals surface area contributed by atoms with Crippen molar-refractivity contribution in [1.29, 1.82) is 0 Å². The van der Waals surface area contributed by atoms with E-state index in [0.29, 0.717) is 13.0 Å². The molecule has 1 saturated carbocycles. The number of nitrogens with zero attached hydrogens (tertiary/aromatic N) is 1. The lowest BCUT2D eigenvalue weighted by atomic mass is 10.0. The molecule has 4 nitrogen and oxygen atoms in total. The normalized spacial score (nSPS) is 28.1. The van der Waals surface area contributed by atoms with Gasteiger partial charge in [-0.15, -0.1) is 23.2 Å². The minimum atomic E-state index is -0.932. The minimum absolute atomic E-state index is 0.0725. The van der Waals surface area contributed by atoms with E-state index >= 15 is 0 Å². The summed E-state index contributed by atoms with van der Waals surface area (Å²) in [4.78, 5) is 14.8. The molecule has 0 bridgehead atoms. The topological polar surface area (TPSA) is 41.6 Å². The van der Waals surface area contributed by atoms with Crippen LogP contribution in [0.5, 0.6) is 0 Å². The molecule has 23 heavy (non-hydrogen) atoms. The number of benzene rings is 1. The van der Waals surface area contributed by atoms with Gasteiger partial charge in [0.05, 0.1) is 24.7 Å². The molecular weight excluding hydrogens is 335 g/mol. The zero-order valence-electron chi connectivity index (χ0n) is 13.2. The van der Waals surface area contributed by atoms with E-state index in [1.807, 2.05) is 25.1 Å². The van der Waals surface area contributed by atoms with Crippen LogP contribution in [0, 0.1) is 5.41 Å². The maximum atomic E-state index is 12.4. The van der Waals surface area contributed by atoms with E-state index in [2.05, 4.69) is 22.3 Å². The molecule has 6 heteroatoms. The zero-order chi connectivity index (χ0) is 16.5. The summed E-state index contributed by atoms with van der Waals surface area (Å²) in [6.07, 6.45) is 0.502. The van der Waals surface area contributed by atoms with E-state index in [4.69, 9.17) is 27.9 Å². The highest BCUT2D eigenvalue weighted by Crippen LogP contribution is 2.63. The highest BCUT2D eigenvalue weighted by Gasteiger charge is 2.67. The van der Waals surface area contributed by atoms with Crippen LogP contribution in [0.15, 0.2) is 30.3 Å². The van der Waals surface area contributed by atoms with Gasteiger partial charge in [-0.3, -0.25) is 9.69 Å². The SMILES string of the molecule is C[C@@]1(C(=O)NC[C@H](c2ccccc2)N2CCOCC2)CC1(Cl)Cl. The molecule has 3 rings (SSSR count). The monoisotopic (exact) mass is 356 g/mol. The first-order valence-electron chi connectivity index (χ1n) is 7.97. The van der Waals surface area contributed by atoms with Crippen LogP contribution < -0.4 is 5.32 Å². The quantitative estimate of drug-likeness (QED) is 0.824. The van der Waals surface area contributed by atoms with Crippen molar-refractivity contribution < 1.29 is 9.53 Å². The molecule has 1 aromatic carbocycles. The number of rotatable bonds is 5. The van der Waals surface area contributed by atoms with Crippen LogP contribution >= 0.6 is 23.2 Å². The van der Waals surface area contributed by atoms with E-state index < -0.39 is 9.75 Å². The van der Waals surface area contributed by atoms with Gasteiger partial charge in [0.1, 0.15) is 4.33 Å². The molecule has 0 spiro atoms. The fourth-order valence-electron chi connectivity index (χ4n) is 3.05. The van der Waals surface area contributed by atoms with Crippen molar-refractivity contribution in [3.63, 3.8) is 0 Å². The van der Waals surface area contributed by atoms with Gasteiger partial charge in [0, 0.05) is 19.6 Å². The fourth-order valence-corrected chi connectivity index (χ4v) is 3.76. The van der Waals surface area contributed by atoms with Gasteiger partial charge in [-0.1, -0.05) is 30.3 Å². The van der Waals surface area contributed by atoms with E-state index in [1.54, 1.807) is 0 Å². The summed E-state index contributed by atoms with van der Waals surface area (Å²) in [5.41, 5.74) is 0.515. The molecule has 2 aliphatic rings. The number of morpholine rings is 1. The molecule has 1 aliphatic heterocycles. The summed E-state index contributed by atoms with van der Waals surface area (Å²) in [7, 11) is 0. The first-order valence-corrected chi connectivity index (χ1v) is 8.72. The molecule has 1 saturated heterocycles. The Bertz CT molecular complexity index is 561. The van der Waals surface area contributed by atoms with Gasteiger partial charge < -0.3 is 10.1 Å². The number of hydrogen-bond acceptors (Lipinski definition) is 3. The van der Waals surface area contributed by atoms with Crippen molar-refractivity contribution in [2.75, 3.05) is 32.8 Å². The second-order valence-corrected chi connectivity index (χ2v) is 7.98. The maximum absolute atomic E-state index is 12.4. The van der Waals surface area contributed by atoms with Gasteiger partial charge in [-0.25, -0.2) is 0 Å². The second kappa shape index (κ2) is 6.60. The third-order valence-corrected chi connectivity index (χ3v) is 5.99. The van der Waals surface area contributed by atoms with Crippen LogP contribution in [-0.4, -0.2) is 48.0 Å². The average molecular weight is 357 g/mol. The smallest absolute Gasteiger partial charge is 0.229 e. The van der Waals surface area contributed by atoms with Crippen molar-refractivity contribution in [2.45, 2.75) is 23.7 Å². The number of carbonyl (C=O) groups is 1. The zero-order valence-corrected chi connectivity index (χ0v) is 14.7. The Balaban J connectivity index is 1.68. The molecule has 1 aromatic rings. The number of halogens is 2. The van der Waals surface area contributed by atoms with Gasteiger partial charge in [0.2, 0.25) is 5.91 Å². The fraction of sp³-hybridized carbons (Fsp3) is 0.588. The first-order chi connectivity index (χ1) is 10.9. The summed E-state index contributed by atoms with van der Waals surface area (Å²) < 4.78 is 4.51. The highest BCUT2D eigenvalue weighted by atomic mass is 35.5. The molecule has 126 valence electrons. The van der Waals surface area contributed by atoms with Gasteiger partial charge in [0.25, 0.3) is 0 Å². The minimum Gasteiger partial charge on any atom is -0.379 e. The van der Waals surface area contributed by atoms with E-state index in [0.717, 1.165) is 26.3 Å².